The number of nitrogens with zero attached hydrogens (tertiary/aromatic N) is 3. The van der Waals surface area contributed by atoms with Crippen molar-refractivity contribution in [3.63, 3.8) is 0 Å². The zero-order chi connectivity index (χ0) is 16.3. The summed E-state index contributed by atoms with van der Waals surface area (Å²) in [5.74, 6) is -0.307. The van der Waals surface area contributed by atoms with Crippen LogP contribution in [0.25, 0.3) is 0 Å². The number of likely N-dealkylation sites (N-methyl/N-ethyl adjacent to an activating group) is 1. The van der Waals surface area contributed by atoms with Crippen LogP contribution < -0.4 is 5.32 Å². The molecule has 0 spiro atoms. The molecule has 0 atom stereocenters. The van der Waals surface area contributed by atoms with E-state index >= 15 is 0 Å². The summed E-state index contributed by atoms with van der Waals surface area (Å²) in [6.07, 6.45) is 0. The van der Waals surface area contributed by atoms with E-state index in [1.807, 2.05) is 0 Å². The van der Waals surface area contributed by atoms with Gasteiger partial charge in [0.2, 0.25) is 21.8 Å². The van der Waals surface area contributed by atoms with Crippen molar-refractivity contribution in [2.45, 2.75) is 11.8 Å². The number of benzene rings is 1. The van der Waals surface area contributed by atoms with E-state index in [0.717, 1.165) is 4.31 Å². The molecule has 0 aliphatic heterocycles. The lowest BCUT2D eigenvalue weighted by Crippen LogP contribution is -2.35. The van der Waals surface area contributed by atoms with Crippen LogP contribution in [0.1, 0.15) is 5.89 Å². The molecule has 0 saturated carbocycles. The highest BCUT2D eigenvalue weighted by molar-refractivity contribution is 7.89. The number of hydrogen-bond donors (Lipinski definition) is 1. The van der Waals surface area contributed by atoms with Crippen LogP contribution in [-0.4, -0.2) is 42.4 Å². The molecule has 0 aliphatic rings. The van der Waals surface area contributed by atoms with Crippen molar-refractivity contribution in [3.05, 3.63) is 35.2 Å². The Morgan fingerprint density at radius 2 is 2.00 bits per heavy atom. The monoisotopic (exact) mass is 344 g/mol. The lowest BCUT2D eigenvalue weighted by molar-refractivity contribution is -0.116. The topological polar surface area (TPSA) is 105 Å². The second-order valence-corrected chi connectivity index (χ2v) is 6.88. The fourth-order valence-electron chi connectivity index (χ4n) is 1.59. The van der Waals surface area contributed by atoms with Crippen LogP contribution in [0.3, 0.4) is 0 Å². The summed E-state index contributed by atoms with van der Waals surface area (Å²) >= 11 is 5.72. The SMILES string of the molecule is Cc1nc(NC(=O)CN(C)S(=O)(=O)c2ccc(Cl)cc2)no1. The third-order valence-corrected chi connectivity index (χ3v) is 4.74. The molecular weight excluding hydrogens is 332 g/mol. The largest absolute Gasteiger partial charge is 0.338 e. The number of carbonyl (C=O) groups excluding carboxylic acids is 1. The first-order valence-corrected chi connectivity index (χ1v) is 7.93. The first-order valence-electron chi connectivity index (χ1n) is 6.11. The van der Waals surface area contributed by atoms with Gasteiger partial charge in [0.15, 0.2) is 0 Å². The van der Waals surface area contributed by atoms with Crippen molar-refractivity contribution in [2.24, 2.45) is 0 Å². The van der Waals surface area contributed by atoms with Crippen LogP contribution in [0.2, 0.25) is 5.02 Å². The Balaban J connectivity index is 2.05. The van der Waals surface area contributed by atoms with E-state index in [4.69, 9.17) is 16.1 Å². The molecule has 0 radical (unpaired) electrons. The standard InChI is InChI=1S/C12H13ClN4O4S/c1-8-14-12(16-21-8)15-11(18)7-17(2)22(19,20)10-5-3-9(13)4-6-10/h3-6H,7H2,1-2H3,(H,15,16,18). The molecule has 2 aromatic rings. The maximum atomic E-state index is 12.3. The zero-order valence-corrected chi connectivity index (χ0v) is 13.3. The Hall–Kier alpha value is -1.97. The summed E-state index contributed by atoms with van der Waals surface area (Å²) in [7, 11) is -2.49. The van der Waals surface area contributed by atoms with Crippen LogP contribution in [0.5, 0.6) is 0 Å². The van der Waals surface area contributed by atoms with E-state index in [9.17, 15) is 13.2 Å². The summed E-state index contributed by atoms with van der Waals surface area (Å²) in [6, 6.07) is 5.66. The minimum Gasteiger partial charge on any atom is -0.338 e. The fourth-order valence-corrected chi connectivity index (χ4v) is 2.84. The molecule has 8 nitrogen and oxygen atoms in total. The molecule has 0 bridgehead atoms. The third kappa shape index (κ3) is 3.81. The lowest BCUT2D eigenvalue weighted by Gasteiger charge is -2.16. The number of hydrogen-bond acceptors (Lipinski definition) is 6. The maximum absolute atomic E-state index is 12.3. The predicted octanol–water partition coefficient (Wildman–Crippen LogP) is 1.29. The van der Waals surface area contributed by atoms with Gasteiger partial charge < -0.3 is 4.52 Å². The van der Waals surface area contributed by atoms with E-state index in [1.165, 1.54) is 31.3 Å². The van der Waals surface area contributed by atoms with Crippen molar-refractivity contribution < 1.29 is 17.7 Å². The van der Waals surface area contributed by atoms with Crippen LogP contribution >= 0.6 is 11.6 Å². The highest BCUT2D eigenvalue weighted by atomic mass is 35.5. The van der Waals surface area contributed by atoms with Gasteiger partial charge in [0.05, 0.1) is 11.4 Å². The summed E-state index contributed by atoms with van der Waals surface area (Å²) in [5.41, 5.74) is 0. The molecule has 10 heteroatoms. The Bertz CT molecular complexity index is 773. The first-order chi connectivity index (χ1) is 10.3. The molecule has 1 N–H and O–H groups in total. The molecule has 0 unspecified atom stereocenters. The minimum atomic E-state index is -3.79. The number of carbonyl (C=O) groups is 1. The van der Waals surface area contributed by atoms with Gasteiger partial charge in [-0.2, -0.15) is 9.29 Å². The smallest absolute Gasteiger partial charge is 0.270 e. The molecule has 118 valence electrons. The number of rotatable bonds is 5. The van der Waals surface area contributed by atoms with Crippen molar-refractivity contribution in [3.8, 4) is 0 Å². The number of sulfonamides is 1. The fraction of sp³-hybridized carbons (Fsp3) is 0.250. The van der Waals surface area contributed by atoms with Gasteiger partial charge in [-0.25, -0.2) is 8.42 Å². The molecule has 2 rings (SSSR count). The molecular formula is C12H13ClN4O4S. The summed E-state index contributed by atoms with van der Waals surface area (Å²) in [6.45, 7) is 1.18. The maximum Gasteiger partial charge on any atom is 0.270 e. The van der Waals surface area contributed by atoms with Gasteiger partial charge in [-0.1, -0.05) is 11.6 Å². The Morgan fingerprint density at radius 3 is 2.55 bits per heavy atom. The highest BCUT2D eigenvalue weighted by Gasteiger charge is 2.23. The summed E-state index contributed by atoms with van der Waals surface area (Å²) in [4.78, 5) is 15.6. The van der Waals surface area contributed by atoms with Gasteiger partial charge >= 0.3 is 0 Å². The van der Waals surface area contributed by atoms with Gasteiger partial charge in [0.25, 0.3) is 5.95 Å². The highest BCUT2D eigenvalue weighted by Crippen LogP contribution is 2.17. The van der Waals surface area contributed by atoms with Crippen LogP contribution in [0.4, 0.5) is 5.95 Å². The second kappa shape index (κ2) is 6.42. The Labute approximate surface area is 132 Å². The lowest BCUT2D eigenvalue weighted by atomic mass is 10.4. The van der Waals surface area contributed by atoms with Gasteiger partial charge in [-0.05, 0) is 29.4 Å². The number of anilines is 1. The number of amides is 1. The molecule has 22 heavy (non-hydrogen) atoms. The van der Waals surface area contributed by atoms with Gasteiger partial charge in [0, 0.05) is 19.0 Å². The number of aryl methyl sites for hydroxylation is 1. The van der Waals surface area contributed by atoms with Gasteiger partial charge in [0.1, 0.15) is 0 Å². The van der Waals surface area contributed by atoms with Gasteiger partial charge in [-0.15, -0.1) is 0 Å². The van der Waals surface area contributed by atoms with E-state index in [-0.39, 0.29) is 16.7 Å². The van der Waals surface area contributed by atoms with Crippen molar-refractivity contribution >= 4 is 33.5 Å². The van der Waals surface area contributed by atoms with E-state index in [1.54, 1.807) is 6.92 Å². The normalized spacial score (nSPS) is 11.6. The zero-order valence-electron chi connectivity index (χ0n) is 11.8. The number of aromatic nitrogens is 2. The molecule has 0 saturated heterocycles. The van der Waals surface area contributed by atoms with Crippen molar-refractivity contribution in [1.82, 2.24) is 14.4 Å². The third-order valence-electron chi connectivity index (χ3n) is 2.67. The molecule has 1 heterocycles. The van der Waals surface area contributed by atoms with Crippen LogP contribution in [0.15, 0.2) is 33.7 Å². The minimum absolute atomic E-state index is 0.0141. The Kier molecular flexibility index (Phi) is 4.79. The van der Waals surface area contributed by atoms with Crippen molar-refractivity contribution in [1.29, 1.82) is 0 Å². The van der Waals surface area contributed by atoms with E-state index < -0.39 is 22.5 Å². The molecule has 0 fully saturated rings. The van der Waals surface area contributed by atoms with Crippen molar-refractivity contribution in [2.75, 3.05) is 18.9 Å². The predicted molar refractivity (Wildman–Crippen MR) is 78.9 cm³/mol. The van der Waals surface area contributed by atoms with Crippen LogP contribution in [0, 0.1) is 6.92 Å². The molecule has 1 amide bonds. The molecule has 1 aromatic carbocycles. The average Bonchev–Trinajstić information content (AvgIpc) is 2.84. The summed E-state index contributed by atoms with van der Waals surface area (Å²) < 4.78 is 30.2. The molecule has 0 aliphatic carbocycles. The second-order valence-electron chi connectivity index (χ2n) is 4.40. The molecule has 1 aromatic heterocycles. The van der Waals surface area contributed by atoms with E-state index in [0.29, 0.717) is 5.02 Å². The number of nitrogens with one attached hydrogen (secondary N) is 1. The number of halogens is 1. The quantitative estimate of drug-likeness (QED) is 0.876. The summed E-state index contributed by atoms with van der Waals surface area (Å²) in [5, 5.41) is 6.26. The van der Waals surface area contributed by atoms with E-state index in [2.05, 4.69) is 15.5 Å². The van der Waals surface area contributed by atoms with Crippen LogP contribution in [-0.2, 0) is 14.8 Å². The first kappa shape index (κ1) is 16.4. The Morgan fingerprint density at radius 1 is 1.36 bits per heavy atom. The average molecular weight is 345 g/mol. The van der Waals surface area contributed by atoms with Gasteiger partial charge in [-0.3, -0.25) is 10.1 Å².